The Morgan fingerprint density at radius 1 is 1.00 bits per heavy atom. The van der Waals surface area contributed by atoms with Crippen LogP contribution >= 0.6 is 0 Å². The molecule has 0 aliphatic heterocycles. The van der Waals surface area contributed by atoms with E-state index in [9.17, 15) is 18.0 Å². The highest BCUT2D eigenvalue weighted by Crippen LogP contribution is 2.17. The summed E-state index contributed by atoms with van der Waals surface area (Å²) in [6, 6.07) is 15.5. The van der Waals surface area contributed by atoms with E-state index in [1.54, 1.807) is 4.90 Å². The maximum Gasteiger partial charge on any atom is 0.223 e. The zero-order chi connectivity index (χ0) is 19.9. The van der Waals surface area contributed by atoms with Crippen molar-refractivity contribution in [3.8, 4) is 0 Å². The summed E-state index contributed by atoms with van der Waals surface area (Å²) in [6.45, 7) is 4.22. The van der Waals surface area contributed by atoms with Gasteiger partial charge in [-0.2, -0.15) is 0 Å². The molecule has 0 aromatic heterocycles. The van der Waals surface area contributed by atoms with Crippen molar-refractivity contribution in [2.24, 2.45) is 0 Å². The van der Waals surface area contributed by atoms with Gasteiger partial charge in [0.2, 0.25) is 11.8 Å². The van der Waals surface area contributed by atoms with E-state index in [0.717, 1.165) is 5.56 Å². The average Bonchev–Trinajstić information content (AvgIpc) is 2.65. The number of hydrogen-bond acceptors (Lipinski definition) is 4. The maximum absolute atomic E-state index is 12.5. The summed E-state index contributed by atoms with van der Waals surface area (Å²) in [6.07, 6.45) is -0.0730. The third-order valence-electron chi connectivity index (χ3n) is 4.07. The van der Waals surface area contributed by atoms with Gasteiger partial charge >= 0.3 is 0 Å². The van der Waals surface area contributed by atoms with Gasteiger partial charge in [0.05, 0.1) is 10.6 Å². The smallest absolute Gasteiger partial charge is 0.223 e. The predicted octanol–water partition coefficient (Wildman–Crippen LogP) is 2.86. The molecule has 0 saturated carbocycles. The second kappa shape index (κ2) is 9.32. The van der Waals surface area contributed by atoms with Gasteiger partial charge in [-0.1, -0.05) is 30.3 Å². The summed E-state index contributed by atoms with van der Waals surface area (Å²) in [5.74, 6) is -0.676. The SMILES string of the molecule is CCN(Cc1ccccc1)C(=O)CCS(=O)(=O)c1ccc(NC(C)=O)cc1. The van der Waals surface area contributed by atoms with Crippen LogP contribution in [0.4, 0.5) is 5.69 Å². The molecule has 0 atom stereocenters. The zero-order valence-corrected chi connectivity index (χ0v) is 16.3. The Morgan fingerprint density at radius 2 is 1.63 bits per heavy atom. The first-order valence-electron chi connectivity index (χ1n) is 8.74. The Hall–Kier alpha value is -2.67. The minimum Gasteiger partial charge on any atom is -0.339 e. The molecule has 2 amide bonds. The fourth-order valence-electron chi connectivity index (χ4n) is 2.63. The summed E-state index contributed by atoms with van der Waals surface area (Å²) in [5.41, 5.74) is 1.53. The van der Waals surface area contributed by atoms with Crippen LogP contribution in [0.1, 0.15) is 25.8 Å². The first kappa shape index (κ1) is 20.6. The van der Waals surface area contributed by atoms with Crippen LogP contribution in [-0.4, -0.2) is 37.4 Å². The Labute approximate surface area is 160 Å². The molecule has 0 unspecified atom stereocenters. The molecule has 0 spiro atoms. The van der Waals surface area contributed by atoms with Gasteiger partial charge in [0.15, 0.2) is 9.84 Å². The van der Waals surface area contributed by atoms with Crippen molar-refractivity contribution in [1.29, 1.82) is 0 Å². The molecule has 7 heteroatoms. The topological polar surface area (TPSA) is 83.6 Å². The lowest BCUT2D eigenvalue weighted by Gasteiger charge is -2.21. The Morgan fingerprint density at radius 3 is 2.19 bits per heavy atom. The van der Waals surface area contributed by atoms with Crippen LogP contribution in [0.15, 0.2) is 59.5 Å². The molecule has 0 aliphatic rings. The number of anilines is 1. The highest BCUT2D eigenvalue weighted by Gasteiger charge is 2.19. The number of sulfone groups is 1. The minimum atomic E-state index is -3.58. The van der Waals surface area contributed by atoms with E-state index >= 15 is 0 Å². The zero-order valence-electron chi connectivity index (χ0n) is 15.5. The number of amides is 2. The third kappa shape index (κ3) is 6.21. The molecule has 0 saturated heterocycles. The fraction of sp³-hybridized carbons (Fsp3) is 0.300. The van der Waals surface area contributed by atoms with E-state index in [1.807, 2.05) is 37.3 Å². The average molecular weight is 388 g/mol. The monoisotopic (exact) mass is 388 g/mol. The van der Waals surface area contributed by atoms with E-state index < -0.39 is 9.84 Å². The molecule has 27 heavy (non-hydrogen) atoms. The summed E-state index contributed by atoms with van der Waals surface area (Å²) in [7, 11) is -3.58. The number of nitrogens with one attached hydrogen (secondary N) is 1. The third-order valence-corrected chi connectivity index (χ3v) is 5.80. The lowest BCUT2D eigenvalue weighted by atomic mass is 10.2. The number of carbonyl (C=O) groups excluding carboxylic acids is 2. The number of benzene rings is 2. The second-order valence-corrected chi connectivity index (χ2v) is 8.28. The van der Waals surface area contributed by atoms with Crippen molar-refractivity contribution in [3.05, 3.63) is 60.2 Å². The molecule has 144 valence electrons. The van der Waals surface area contributed by atoms with Crippen LogP contribution < -0.4 is 5.32 Å². The number of hydrogen-bond donors (Lipinski definition) is 1. The number of carbonyl (C=O) groups is 2. The van der Waals surface area contributed by atoms with Gasteiger partial charge in [-0.15, -0.1) is 0 Å². The normalized spacial score (nSPS) is 11.0. The fourth-order valence-corrected chi connectivity index (χ4v) is 3.86. The highest BCUT2D eigenvalue weighted by atomic mass is 32.2. The molecular weight excluding hydrogens is 364 g/mol. The minimum absolute atomic E-state index is 0.0730. The summed E-state index contributed by atoms with van der Waals surface area (Å²) in [4.78, 5) is 25.2. The van der Waals surface area contributed by atoms with Crippen LogP contribution in [0.5, 0.6) is 0 Å². The van der Waals surface area contributed by atoms with Gasteiger partial charge in [-0.05, 0) is 36.8 Å². The molecule has 1 N–H and O–H groups in total. The van der Waals surface area contributed by atoms with Crippen molar-refractivity contribution < 1.29 is 18.0 Å². The van der Waals surface area contributed by atoms with E-state index in [2.05, 4.69) is 5.32 Å². The lowest BCUT2D eigenvalue weighted by molar-refractivity contribution is -0.131. The Kier molecular flexibility index (Phi) is 7.12. The van der Waals surface area contributed by atoms with E-state index in [0.29, 0.717) is 18.8 Å². The Balaban J connectivity index is 1.98. The molecule has 0 bridgehead atoms. The predicted molar refractivity (Wildman–Crippen MR) is 105 cm³/mol. The van der Waals surface area contributed by atoms with Gasteiger partial charge < -0.3 is 10.2 Å². The standard InChI is InChI=1S/C20H24N2O4S/c1-3-22(15-17-7-5-4-6-8-17)20(24)13-14-27(25,26)19-11-9-18(10-12-19)21-16(2)23/h4-12H,3,13-15H2,1-2H3,(H,21,23). The summed E-state index contributed by atoms with van der Waals surface area (Å²) in [5, 5.41) is 2.58. The van der Waals surface area contributed by atoms with Crippen LogP contribution in [0.25, 0.3) is 0 Å². The van der Waals surface area contributed by atoms with Gasteiger partial charge in [-0.3, -0.25) is 9.59 Å². The maximum atomic E-state index is 12.5. The van der Waals surface area contributed by atoms with Crippen molar-refractivity contribution in [2.45, 2.75) is 31.7 Å². The Bertz CT molecular complexity index is 878. The van der Waals surface area contributed by atoms with Gasteiger partial charge in [-0.25, -0.2) is 8.42 Å². The van der Waals surface area contributed by atoms with Crippen molar-refractivity contribution in [3.63, 3.8) is 0 Å². The number of rotatable bonds is 8. The molecule has 2 aromatic rings. The molecule has 0 fully saturated rings. The van der Waals surface area contributed by atoms with Gasteiger partial charge in [0.25, 0.3) is 0 Å². The van der Waals surface area contributed by atoms with Crippen LogP contribution in [0, 0.1) is 0 Å². The van der Waals surface area contributed by atoms with E-state index in [1.165, 1.54) is 31.2 Å². The molecule has 0 heterocycles. The molecule has 2 rings (SSSR count). The number of nitrogens with zero attached hydrogens (tertiary/aromatic N) is 1. The molecule has 2 aromatic carbocycles. The lowest BCUT2D eigenvalue weighted by Crippen LogP contribution is -2.31. The van der Waals surface area contributed by atoms with Crippen LogP contribution in [0.2, 0.25) is 0 Å². The van der Waals surface area contributed by atoms with Crippen molar-refractivity contribution >= 4 is 27.3 Å². The highest BCUT2D eigenvalue weighted by molar-refractivity contribution is 7.91. The molecular formula is C20H24N2O4S. The molecule has 0 radical (unpaired) electrons. The van der Waals surface area contributed by atoms with Gasteiger partial charge in [0, 0.05) is 32.1 Å². The van der Waals surface area contributed by atoms with Crippen LogP contribution in [0.3, 0.4) is 0 Å². The quantitative estimate of drug-likeness (QED) is 0.754. The molecule has 0 aliphatic carbocycles. The van der Waals surface area contributed by atoms with Gasteiger partial charge in [0.1, 0.15) is 0 Å². The largest absolute Gasteiger partial charge is 0.339 e. The summed E-state index contributed by atoms with van der Waals surface area (Å²) >= 11 is 0. The first-order chi connectivity index (χ1) is 12.8. The second-order valence-electron chi connectivity index (χ2n) is 6.17. The first-order valence-corrected chi connectivity index (χ1v) is 10.4. The van der Waals surface area contributed by atoms with E-state index in [4.69, 9.17) is 0 Å². The van der Waals surface area contributed by atoms with E-state index in [-0.39, 0.29) is 28.9 Å². The summed E-state index contributed by atoms with van der Waals surface area (Å²) < 4.78 is 25.0. The van der Waals surface area contributed by atoms with Crippen molar-refractivity contribution in [2.75, 3.05) is 17.6 Å². The van der Waals surface area contributed by atoms with Crippen LogP contribution in [-0.2, 0) is 26.0 Å². The van der Waals surface area contributed by atoms with Crippen molar-refractivity contribution in [1.82, 2.24) is 4.90 Å². The molecule has 6 nitrogen and oxygen atoms in total.